The topological polar surface area (TPSA) is 21.3 Å². The average Bonchev–Trinajstić information content (AvgIpc) is 2.25. The number of rotatable bonds is 5. The number of hydrogen-bond donors (Lipinski definition) is 1. The van der Waals surface area contributed by atoms with Gasteiger partial charge in [-0.1, -0.05) is 25.1 Å². The van der Waals surface area contributed by atoms with E-state index in [1.54, 1.807) is 0 Å². The number of hydrogen-bond acceptors (Lipinski definition) is 2. The molecule has 0 bridgehead atoms. The zero-order valence-corrected chi connectivity index (χ0v) is 8.79. The second-order valence-electron chi connectivity index (χ2n) is 2.97. The highest BCUT2D eigenvalue weighted by atomic mass is 16.5. The fourth-order valence-electron chi connectivity index (χ4n) is 1.12. The molecule has 0 aliphatic rings. The molecule has 1 aromatic rings. The van der Waals surface area contributed by atoms with E-state index in [1.807, 2.05) is 37.4 Å². The Bertz CT molecular complexity index is 294. The Morgan fingerprint density at radius 3 is 2.93 bits per heavy atom. The van der Waals surface area contributed by atoms with Gasteiger partial charge in [-0.15, -0.1) is 0 Å². The molecule has 2 heteroatoms. The molecule has 1 aromatic carbocycles. The van der Waals surface area contributed by atoms with Crippen LogP contribution in [0.5, 0.6) is 5.75 Å². The zero-order chi connectivity index (χ0) is 10.2. The number of ether oxygens (including phenoxy) is 1. The molecule has 0 radical (unpaired) electrons. The van der Waals surface area contributed by atoms with Crippen LogP contribution < -0.4 is 10.1 Å². The Hall–Kier alpha value is -1.44. The molecule has 0 amide bonds. The van der Waals surface area contributed by atoms with Crippen LogP contribution in [0.1, 0.15) is 13.3 Å². The van der Waals surface area contributed by atoms with Crippen molar-refractivity contribution >= 4 is 5.69 Å². The van der Waals surface area contributed by atoms with Gasteiger partial charge in [0.2, 0.25) is 0 Å². The van der Waals surface area contributed by atoms with Gasteiger partial charge in [0, 0.05) is 18.8 Å². The van der Waals surface area contributed by atoms with Crippen LogP contribution in [-0.4, -0.2) is 13.7 Å². The van der Waals surface area contributed by atoms with Crippen LogP contribution in [0.3, 0.4) is 0 Å². The van der Waals surface area contributed by atoms with Gasteiger partial charge in [0.1, 0.15) is 12.4 Å². The lowest BCUT2D eigenvalue weighted by Gasteiger charge is -2.05. The SMILES string of the molecule is CCC=CCOc1cccc(NC)c1. The van der Waals surface area contributed by atoms with E-state index in [0.717, 1.165) is 17.9 Å². The fraction of sp³-hybridized carbons (Fsp3) is 0.333. The zero-order valence-electron chi connectivity index (χ0n) is 8.79. The highest BCUT2D eigenvalue weighted by Crippen LogP contribution is 2.16. The first kappa shape index (κ1) is 10.6. The van der Waals surface area contributed by atoms with E-state index in [9.17, 15) is 0 Å². The van der Waals surface area contributed by atoms with Crippen LogP contribution in [0.2, 0.25) is 0 Å². The number of allylic oxidation sites excluding steroid dienone is 1. The highest BCUT2D eigenvalue weighted by Gasteiger charge is 1.92. The van der Waals surface area contributed by atoms with E-state index in [1.165, 1.54) is 0 Å². The van der Waals surface area contributed by atoms with Gasteiger partial charge in [-0.05, 0) is 18.6 Å². The molecule has 14 heavy (non-hydrogen) atoms. The largest absolute Gasteiger partial charge is 0.489 e. The van der Waals surface area contributed by atoms with Crippen LogP contribution in [0, 0.1) is 0 Å². The van der Waals surface area contributed by atoms with Crippen LogP contribution in [0.4, 0.5) is 5.69 Å². The molecular weight excluding hydrogens is 174 g/mol. The number of benzene rings is 1. The Kier molecular flexibility index (Phi) is 4.62. The van der Waals surface area contributed by atoms with Crippen molar-refractivity contribution in [1.82, 2.24) is 0 Å². The summed E-state index contributed by atoms with van der Waals surface area (Å²) >= 11 is 0. The first-order valence-electron chi connectivity index (χ1n) is 4.92. The Labute approximate surface area is 85.6 Å². The quantitative estimate of drug-likeness (QED) is 0.722. The van der Waals surface area contributed by atoms with Crippen LogP contribution in [0.15, 0.2) is 36.4 Å². The average molecular weight is 191 g/mol. The van der Waals surface area contributed by atoms with E-state index in [0.29, 0.717) is 6.61 Å². The van der Waals surface area contributed by atoms with Crippen molar-refractivity contribution < 1.29 is 4.74 Å². The van der Waals surface area contributed by atoms with Crippen molar-refractivity contribution in [2.45, 2.75) is 13.3 Å². The first-order chi connectivity index (χ1) is 6.86. The van der Waals surface area contributed by atoms with Crippen LogP contribution >= 0.6 is 0 Å². The number of nitrogens with one attached hydrogen (secondary N) is 1. The van der Waals surface area contributed by atoms with Crippen molar-refractivity contribution in [3.8, 4) is 5.75 Å². The van der Waals surface area contributed by atoms with Gasteiger partial charge in [-0.25, -0.2) is 0 Å². The van der Waals surface area contributed by atoms with E-state index in [2.05, 4.69) is 18.3 Å². The standard InChI is InChI=1S/C12H17NO/c1-3-4-5-9-14-12-8-6-7-11(10-12)13-2/h4-8,10,13H,3,9H2,1-2H3. The Morgan fingerprint density at radius 1 is 1.36 bits per heavy atom. The van der Waals surface area contributed by atoms with Crippen molar-refractivity contribution in [2.24, 2.45) is 0 Å². The van der Waals surface area contributed by atoms with Crippen molar-refractivity contribution in [2.75, 3.05) is 19.0 Å². The summed E-state index contributed by atoms with van der Waals surface area (Å²) in [6.07, 6.45) is 5.19. The van der Waals surface area contributed by atoms with Crippen molar-refractivity contribution in [3.05, 3.63) is 36.4 Å². The molecule has 2 nitrogen and oxygen atoms in total. The molecule has 0 heterocycles. The predicted octanol–water partition coefficient (Wildman–Crippen LogP) is 3.07. The third kappa shape index (κ3) is 3.52. The lowest BCUT2D eigenvalue weighted by atomic mass is 10.3. The minimum Gasteiger partial charge on any atom is -0.489 e. The highest BCUT2D eigenvalue weighted by molar-refractivity contribution is 5.47. The van der Waals surface area contributed by atoms with Crippen molar-refractivity contribution in [1.29, 1.82) is 0 Å². The minimum atomic E-state index is 0.640. The molecule has 0 aliphatic carbocycles. The summed E-state index contributed by atoms with van der Waals surface area (Å²) in [7, 11) is 1.90. The van der Waals surface area contributed by atoms with Gasteiger partial charge in [0.05, 0.1) is 0 Å². The van der Waals surface area contributed by atoms with E-state index in [-0.39, 0.29) is 0 Å². The lowest BCUT2D eigenvalue weighted by Crippen LogP contribution is -1.94. The molecule has 0 aromatic heterocycles. The van der Waals surface area contributed by atoms with E-state index in [4.69, 9.17) is 4.74 Å². The summed E-state index contributed by atoms with van der Waals surface area (Å²) in [5, 5.41) is 3.07. The predicted molar refractivity (Wildman–Crippen MR) is 60.9 cm³/mol. The third-order valence-corrected chi connectivity index (χ3v) is 1.87. The van der Waals surface area contributed by atoms with Gasteiger partial charge in [-0.3, -0.25) is 0 Å². The van der Waals surface area contributed by atoms with Gasteiger partial charge >= 0.3 is 0 Å². The summed E-state index contributed by atoms with van der Waals surface area (Å²) in [4.78, 5) is 0. The van der Waals surface area contributed by atoms with Gasteiger partial charge < -0.3 is 10.1 Å². The maximum atomic E-state index is 5.52. The molecule has 1 rings (SSSR count). The summed E-state index contributed by atoms with van der Waals surface area (Å²) in [6.45, 7) is 2.75. The van der Waals surface area contributed by atoms with Crippen molar-refractivity contribution in [3.63, 3.8) is 0 Å². The molecule has 0 saturated heterocycles. The van der Waals surface area contributed by atoms with Crippen LogP contribution in [0.25, 0.3) is 0 Å². The number of anilines is 1. The maximum absolute atomic E-state index is 5.52. The van der Waals surface area contributed by atoms with Crippen LogP contribution in [-0.2, 0) is 0 Å². The summed E-state index contributed by atoms with van der Waals surface area (Å²) in [5.41, 5.74) is 1.07. The molecule has 0 fully saturated rings. The molecule has 0 saturated carbocycles. The molecule has 0 atom stereocenters. The molecule has 1 N–H and O–H groups in total. The molecule has 0 spiro atoms. The van der Waals surface area contributed by atoms with Gasteiger partial charge in [-0.2, -0.15) is 0 Å². The summed E-state index contributed by atoms with van der Waals surface area (Å²) in [6, 6.07) is 7.93. The van der Waals surface area contributed by atoms with E-state index >= 15 is 0 Å². The first-order valence-corrected chi connectivity index (χ1v) is 4.92. The lowest BCUT2D eigenvalue weighted by molar-refractivity contribution is 0.363. The normalized spacial score (nSPS) is 10.4. The Balaban J connectivity index is 2.46. The molecule has 0 unspecified atom stereocenters. The smallest absolute Gasteiger partial charge is 0.121 e. The maximum Gasteiger partial charge on any atom is 0.121 e. The Morgan fingerprint density at radius 2 is 2.21 bits per heavy atom. The minimum absolute atomic E-state index is 0.640. The van der Waals surface area contributed by atoms with Gasteiger partial charge in [0.15, 0.2) is 0 Å². The van der Waals surface area contributed by atoms with E-state index < -0.39 is 0 Å². The fourth-order valence-corrected chi connectivity index (χ4v) is 1.12. The summed E-state index contributed by atoms with van der Waals surface area (Å²) < 4.78 is 5.52. The third-order valence-electron chi connectivity index (χ3n) is 1.87. The summed E-state index contributed by atoms with van der Waals surface area (Å²) in [5.74, 6) is 0.901. The second kappa shape index (κ2) is 6.08. The monoisotopic (exact) mass is 191 g/mol. The molecule has 0 aliphatic heterocycles. The molecular formula is C12H17NO. The second-order valence-corrected chi connectivity index (χ2v) is 2.97. The van der Waals surface area contributed by atoms with Gasteiger partial charge in [0.25, 0.3) is 0 Å². The molecule has 76 valence electrons.